The van der Waals surface area contributed by atoms with Crippen molar-refractivity contribution in [2.75, 3.05) is 19.8 Å². The van der Waals surface area contributed by atoms with Crippen LogP contribution in [0.3, 0.4) is 0 Å². The van der Waals surface area contributed by atoms with Crippen LogP contribution in [0.25, 0.3) is 0 Å². The van der Waals surface area contributed by atoms with Crippen molar-refractivity contribution in [2.24, 2.45) is 5.73 Å². The predicted molar refractivity (Wildman–Crippen MR) is 69.6 cm³/mol. The van der Waals surface area contributed by atoms with Crippen molar-refractivity contribution in [2.45, 2.75) is 32.6 Å². The van der Waals surface area contributed by atoms with Gasteiger partial charge in [-0.1, -0.05) is 18.2 Å². The monoisotopic (exact) mass is 251 g/mol. The van der Waals surface area contributed by atoms with E-state index in [1.165, 1.54) is 5.56 Å². The Hall–Kier alpha value is -1.10. The lowest BCUT2D eigenvalue weighted by molar-refractivity contribution is -0.149. The zero-order chi connectivity index (χ0) is 13.0. The molecule has 0 amide bonds. The van der Waals surface area contributed by atoms with Crippen LogP contribution < -0.4 is 10.5 Å². The van der Waals surface area contributed by atoms with Crippen molar-refractivity contribution < 1.29 is 14.2 Å². The molecule has 1 atom stereocenters. The second-order valence-electron chi connectivity index (χ2n) is 4.24. The van der Waals surface area contributed by atoms with E-state index in [0.29, 0.717) is 13.2 Å². The van der Waals surface area contributed by atoms with Crippen LogP contribution >= 0.6 is 0 Å². The van der Waals surface area contributed by atoms with Crippen LogP contribution in [0.5, 0.6) is 5.75 Å². The number of ether oxygens (including phenoxy) is 3. The van der Waals surface area contributed by atoms with Crippen LogP contribution in [-0.2, 0) is 15.9 Å². The number of fused-ring (bicyclic) bond motifs is 1. The van der Waals surface area contributed by atoms with Crippen LogP contribution in [0.1, 0.15) is 31.0 Å². The summed E-state index contributed by atoms with van der Waals surface area (Å²) in [4.78, 5) is 0. The van der Waals surface area contributed by atoms with Gasteiger partial charge in [-0.05, 0) is 19.4 Å². The fourth-order valence-electron chi connectivity index (χ4n) is 2.23. The molecular formula is C14H21NO3. The molecule has 0 saturated heterocycles. The maximum atomic E-state index is 6.25. The standard InChI is InChI=1S/C14H21NO3/c1-3-16-14(17-4-2)12(15)11-7-5-6-10-8-9-18-13(10)11/h5-7,12,14H,3-4,8-9,15H2,1-2H3. The lowest BCUT2D eigenvalue weighted by Gasteiger charge is -2.25. The normalized spacial score (nSPS) is 15.6. The van der Waals surface area contributed by atoms with Gasteiger partial charge in [-0.3, -0.25) is 0 Å². The molecule has 2 N–H and O–H groups in total. The first kappa shape index (κ1) is 13.3. The zero-order valence-corrected chi connectivity index (χ0v) is 11.0. The highest BCUT2D eigenvalue weighted by Gasteiger charge is 2.26. The summed E-state index contributed by atoms with van der Waals surface area (Å²) in [5.41, 5.74) is 8.44. The van der Waals surface area contributed by atoms with Crippen molar-refractivity contribution in [3.05, 3.63) is 29.3 Å². The average Bonchev–Trinajstić information content (AvgIpc) is 2.85. The molecule has 18 heavy (non-hydrogen) atoms. The van der Waals surface area contributed by atoms with Gasteiger partial charge >= 0.3 is 0 Å². The van der Waals surface area contributed by atoms with Crippen LogP contribution in [0, 0.1) is 0 Å². The largest absolute Gasteiger partial charge is 0.493 e. The van der Waals surface area contributed by atoms with Crippen LogP contribution in [-0.4, -0.2) is 26.1 Å². The van der Waals surface area contributed by atoms with Crippen molar-refractivity contribution in [1.82, 2.24) is 0 Å². The second kappa shape index (κ2) is 6.18. The maximum absolute atomic E-state index is 6.25. The summed E-state index contributed by atoms with van der Waals surface area (Å²) in [6, 6.07) is 5.75. The molecule has 1 heterocycles. The van der Waals surface area contributed by atoms with E-state index >= 15 is 0 Å². The van der Waals surface area contributed by atoms with Gasteiger partial charge in [0.1, 0.15) is 5.75 Å². The number of hydrogen-bond acceptors (Lipinski definition) is 4. The topological polar surface area (TPSA) is 53.7 Å². The van der Waals surface area contributed by atoms with E-state index in [-0.39, 0.29) is 6.04 Å². The van der Waals surface area contributed by atoms with Crippen molar-refractivity contribution in [3.63, 3.8) is 0 Å². The molecule has 1 aromatic carbocycles. The molecule has 100 valence electrons. The summed E-state index contributed by atoms with van der Waals surface area (Å²) in [5, 5.41) is 0. The Labute approximate surface area is 108 Å². The van der Waals surface area contributed by atoms with Crippen LogP contribution in [0.4, 0.5) is 0 Å². The van der Waals surface area contributed by atoms with Gasteiger partial charge in [-0.15, -0.1) is 0 Å². The molecule has 0 saturated carbocycles. The van der Waals surface area contributed by atoms with Gasteiger partial charge in [0.05, 0.1) is 12.6 Å². The molecule has 1 aliphatic rings. The predicted octanol–water partition coefficient (Wildman–Crippen LogP) is 2.02. The van der Waals surface area contributed by atoms with E-state index in [4.69, 9.17) is 19.9 Å². The highest BCUT2D eigenvalue weighted by Crippen LogP contribution is 2.34. The van der Waals surface area contributed by atoms with E-state index in [1.807, 2.05) is 26.0 Å². The minimum absolute atomic E-state index is 0.321. The molecule has 0 aromatic heterocycles. The quantitative estimate of drug-likeness (QED) is 0.786. The van der Waals surface area contributed by atoms with Gasteiger partial charge in [0.15, 0.2) is 6.29 Å². The molecule has 4 nitrogen and oxygen atoms in total. The Morgan fingerprint density at radius 1 is 1.28 bits per heavy atom. The Kier molecular flexibility index (Phi) is 4.58. The minimum atomic E-state index is -0.421. The highest BCUT2D eigenvalue weighted by molar-refractivity contribution is 5.45. The molecular weight excluding hydrogens is 230 g/mol. The van der Waals surface area contributed by atoms with Crippen molar-refractivity contribution in [3.8, 4) is 5.75 Å². The van der Waals surface area contributed by atoms with Crippen LogP contribution in [0.2, 0.25) is 0 Å². The number of benzene rings is 1. The smallest absolute Gasteiger partial charge is 0.176 e. The fourth-order valence-corrected chi connectivity index (χ4v) is 2.23. The van der Waals surface area contributed by atoms with Crippen molar-refractivity contribution >= 4 is 0 Å². The molecule has 1 aromatic rings. The van der Waals surface area contributed by atoms with E-state index in [1.54, 1.807) is 0 Å². The van der Waals surface area contributed by atoms with Gasteiger partial charge < -0.3 is 19.9 Å². The molecule has 0 bridgehead atoms. The summed E-state index contributed by atoms with van der Waals surface area (Å²) in [5.74, 6) is 0.911. The molecule has 0 fully saturated rings. The number of nitrogens with two attached hydrogens (primary N) is 1. The van der Waals surface area contributed by atoms with Gasteiger partial charge in [0.2, 0.25) is 0 Å². The van der Waals surface area contributed by atoms with E-state index in [2.05, 4.69) is 6.07 Å². The minimum Gasteiger partial charge on any atom is -0.493 e. The summed E-state index contributed by atoms with van der Waals surface area (Å²) in [7, 11) is 0. The Morgan fingerprint density at radius 2 is 2.00 bits per heavy atom. The SMILES string of the molecule is CCOC(OCC)C(N)c1cccc2c1OCC2. The third-order valence-corrected chi connectivity index (χ3v) is 3.06. The summed E-state index contributed by atoms with van der Waals surface area (Å²) in [6.07, 6.45) is 0.528. The highest BCUT2D eigenvalue weighted by atomic mass is 16.7. The number of para-hydroxylation sites is 1. The maximum Gasteiger partial charge on any atom is 0.176 e. The Bertz CT molecular complexity index is 389. The Balaban J connectivity index is 2.21. The van der Waals surface area contributed by atoms with E-state index < -0.39 is 6.29 Å². The van der Waals surface area contributed by atoms with Crippen molar-refractivity contribution in [1.29, 1.82) is 0 Å². The van der Waals surface area contributed by atoms with Crippen LogP contribution in [0.15, 0.2) is 18.2 Å². The summed E-state index contributed by atoms with van der Waals surface area (Å²) in [6.45, 7) is 5.75. The number of hydrogen-bond donors (Lipinski definition) is 1. The molecule has 0 spiro atoms. The first-order chi connectivity index (χ1) is 8.77. The summed E-state index contributed by atoms with van der Waals surface area (Å²) < 4.78 is 16.8. The van der Waals surface area contributed by atoms with E-state index in [9.17, 15) is 0 Å². The second-order valence-corrected chi connectivity index (χ2v) is 4.24. The molecule has 0 aliphatic carbocycles. The molecule has 0 radical (unpaired) electrons. The molecule has 1 aliphatic heterocycles. The fraction of sp³-hybridized carbons (Fsp3) is 0.571. The number of rotatable bonds is 6. The molecule has 2 rings (SSSR count). The zero-order valence-electron chi connectivity index (χ0n) is 11.0. The lowest BCUT2D eigenvalue weighted by atomic mass is 10.0. The average molecular weight is 251 g/mol. The van der Waals surface area contributed by atoms with Gasteiger partial charge in [0.25, 0.3) is 0 Å². The van der Waals surface area contributed by atoms with Gasteiger partial charge in [0, 0.05) is 25.2 Å². The molecule has 4 heteroatoms. The first-order valence-electron chi connectivity index (χ1n) is 6.51. The van der Waals surface area contributed by atoms with Gasteiger partial charge in [-0.25, -0.2) is 0 Å². The lowest BCUT2D eigenvalue weighted by Crippen LogP contribution is -2.32. The summed E-state index contributed by atoms with van der Waals surface area (Å²) >= 11 is 0. The first-order valence-corrected chi connectivity index (χ1v) is 6.51. The van der Waals surface area contributed by atoms with E-state index in [0.717, 1.165) is 24.3 Å². The van der Waals surface area contributed by atoms with Gasteiger partial charge in [-0.2, -0.15) is 0 Å². The third kappa shape index (κ3) is 2.66. The molecule has 1 unspecified atom stereocenters. The third-order valence-electron chi connectivity index (χ3n) is 3.06. The Morgan fingerprint density at radius 3 is 2.67 bits per heavy atom.